The maximum Gasteiger partial charge on any atom is 0.170 e. The molecule has 96 valence electrons. The Morgan fingerprint density at radius 2 is 2.00 bits per heavy atom. The summed E-state index contributed by atoms with van der Waals surface area (Å²) < 4.78 is 16.6. The third-order valence-electron chi connectivity index (χ3n) is 2.71. The van der Waals surface area contributed by atoms with E-state index < -0.39 is 0 Å². The summed E-state index contributed by atoms with van der Waals surface area (Å²) in [4.78, 5) is 2.23. The fourth-order valence-corrected chi connectivity index (χ4v) is 1.99. The zero-order chi connectivity index (χ0) is 11.8. The minimum atomic E-state index is -0.110. The standard InChI is InChI=1S/C12H25NO3/c1-4-14-12(15-5-2)10-13(3)9-11-7-6-8-16-11/h11-12H,4-10H2,1-3H3. The van der Waals surface area contributed by atoms with Gasteiger partial charge in [-0.1, -0.05) is 0 Å². The predicted molar refractivity (Wildman–Crippen MR) is 63.5 cm³/mol. The monoisotopic (exact) mass is 231 g/mol. The first kappa shape index (κ1) is 13.9. The zero-order valence-electron chi connectivity index (χ0n) is 10.8. The molecule has 0 amide bonds. The molecule has 0 aromatic rings. The van der Waals surface area contributed by atoms with Gasteiger partial charge in [-0.25, -0.2) is 0 Å². The van der Waals surface area contributed by atoms with Gasteiger partial charge in [0.1, 0.15) is 0 Å². The molecule has 1 heterocycles. The second kappa shape index (κ2) is 8.01. The van der Waals surface area contributed by atoms with Crippen LogP contribution in [0.2, 0.25) is 0 Å². The van der Waals surface area contributed by atoms with Crippen molar-refractivity contribution in [2.75, 3.05) is 40.0 Å². The number of ether oxygens (including phenoxy) is 3. The largest absolute Gasteiger partial charge is 0.377 e. The maximum absolute atomic E-state index is 5.60. The molecular weight excluding hydrogens is 206 g/mol. The van der Waals surface area contributed by atoms with Crippen LogP contribution in [-0.2, 0) is 14.2 Å². The van der Waals surface area contributed by atoms with E-state index >= 15 is 0 Å². The Labute approximate surface area is 98.8 Å². The Balaban J connectivity index is 2.20. The lowest BCUT2D eigenvalue weighted by Gasteiger charge is -2.25. The van der Waals surface area contributed by atoms with Crippen LogP contribution in [0.15, 0.2) is 0 Å². The van der Waals surface area contributed by atoms with Gasteiger partial charge in [0.05, 0.1) is 6.10 Å². The summed E-state index contributed by atoms with van der Waals surface area (Å²) >= 11 is 0. The Bertz CT molecular complexity index is 166. The van der Waals surface area contributed by atoms with Gasteiger partial charge < -0.3 is 14.2 Å². The van der Waals surface area contributed by atoms with Crippen LogP contribution in [-0.4, -0.2) is 57.3 Å². The lowest BCUT2D eigenvalue weighted by Crippen LogP contribution is -2.37. The molecule has 1 aliphatic heterocycles. The van der Waals surface area contributed by atoms with E-state index in [1.54, 1.807) is 0 Å². The Morgan fingerprint density at radius 1 is 1.31 bits per heavy atom. The molecule has 1 saturated heterocycles. The van der Waals surface area contributed by atoms with Crippen LogP contribution in [0.1, 0.15) is 26.7 Å². The molecule has 0 bridgehead atoms. The zero-order valence-corrected chi connectivity index (χ0v) is 10.8. The lowest BCUT2D eigenvalue weighted by molar-refractivity contribution is -0.146. The molecule has 16 heavy (non-hydrogen) atoms. The molecule has 0 spiro atoms. The molecule has 0 aliphatic carbocycles. The highest BCUT2D eigenvalue weighted by Gasteiger charge is 2.19. The van der Waals surface area contributed by atoms with Crippen LogP contribution in [0, 0.1) is 0 Å². The molecule has 1 fully saturated rings. The van der Waals surface area contributed by atoms with Crippen LogP contribution < -0.4 is 0 Å². The fourth-order valence-electron chi connectivity index (χ4n) is 1.99. The molecule has 0 aromatic carbocycles. The van der Waals surface area contributed by atoms with E-state index in [0.717, 1.165) is 19.7 Å². The number of nitrogens with zero attached hydrogens (tertiary/aromatic N) is 1. The van der Waals surface area contributed by atoms with Gasteiger partial charge >= 0.3 is 0 Å². The first-order valence-electron chi connectivity index (χ1n) is 6.29. The summed E-state index contributed by atoms with van der Waals surface area (Å²) in [5.74, 6) is 0. The van der Waals surface area contributed by atoms with Gasteiger partial charge in [-0.2, -0.15) is 0 Å². The Morgan fingerprint density at radius 3 is 2.50 bits per heavy atom. The summed E-state index contributed by atoms with van der Waals surface area (Å²) in [6.45, 7) is 8.06. The molecule has 0 saturated carbocycles. The molecule has 1 rings (SSSR count). The van der Waals surface area contributed by atoms with E-state index in [9.17, 15) is 0 Å². The lowest BCUT2D eigenvalue weighted by atomic mass is 10.2. The fraction of sp³-hybridized carbons (Fsp3) is 1.00. The number of hydrogen-bond acceptors (Lipinski definition) is 4. The van der Waals surface area contributed by atoms with E-state index in [2.05, 4.69) is 11.9 Å². The average Bonchev–Trinajstić information content (AvgIpc) is 2.71. The quantitative estimate of drug-likeness (QED) is 0.592. The van der Waals surface area contributed by atoms with Gasteiger partial charge in [-0.3, -0.25) is 4.90 Å². The van der Waals surface area contributed by atoms with E-state index in [1.165, 1.54) is 12.8 Å². The molecular formula is C12H25NO3. The summed E-state index contributed by atoms with van der Waals surface area (Å²) in [5.41, 5.74) is 0. The first-order chi connectivity index (χ1) is 7.76. The SMILES string of the molecule is CCOC(CN(C)CC1CCCO1)OCC. The van der Waals surface area contributed by atoms with Crippen molar-refractivity contribution in [1.29, 1.82) is 0 Å². The molecule has 0 radical (unpaired) electrons. The van der Waals surface area contributed by atoms with E-state index in [4.69, 9.17) is 14.2 Å². The van der Waals surface area contributed by atoms with Crippen LogP contribution in [0.4, 0.5) is 0 Å². The smallest absolute Gasteiger partial charge is 0.170 e. The predicted octanol–water partition coefficient (Wildman–Crippen LogP) is 1.50. The number of hydrogen-bond donors (Lipinski definition) is 0. The van der Waals surface area contributed by atoms with Gasteiger partial charge in [0.25, 0.3) is 0 Å². The van der Waals surface area contributed by atoms with Crippen molar-refractivity contribution in [3.05, 3.63) is 0 Å². The number of rotatable bonds is 8. The highest BCUT2D eigenvalue weighted by molar-refractivity contribution is 4.69. The number of likely N-dealkylation sites (N-methyl/N-ethyl adjacent to an activating group) is 1. The van der Waals surface area contributed by atoms with Crippen molar-refractivity contribution in [3.63, 3.8) is 0 Å². The van der Waals surface area contributed by atoms with Gasteiger partial charge in [-0.05, 0) is 33.7 Å². The van der Waals surface area contributed by atoms with Crippen LogP contribution in [0.3, 0.4) is 0 Å². The molecule has 1 atom stereocenters. The van der Waals surface area contributed by atoms with Crippen molar-refractivity contribution >= 4 is 0 Å². The molecule has 4 nitrogen and oxygen atoms in total. The average molecular weight is 231 g/mol. The van der Waals surface area contributed by atoms with Crippen molar-refractivity contribution in [2.45, 2.75) is 39.1 Å². The molecule has 0 aromatic heterocycles. The van der Waals surface area contributed by atoms with Gasteiger partial charge in [0.15, 0.2) is 6.29 Å². The Hall–Kier alpha value is -0.160. The van der Waals surface area contributed by atoms with Crippen molar-refractivity contribution in [1.82, 2.24) is 4.90 Å². The summed E-state index contributed by atoms with van der Waals surface area (Å²) in [6, 6.07) is 0. The molecule has 0 N–H and O–H groups in total. The summed E-state index contributed by atoms with van der Waals surface area (Å²) in [6.07, 6.45) is 2.66. The topological polar surface area (TPSA) is 30.9 Å². The maximum atomic E-state index is 5.60. The van der Waals surface area contributed by atoms with E-state index in [0.29, 0.717) is 19.3 Å². The summed E-state index contributed by atoms with van der Waals surface area (Å²) in [7, 11) is 2.09. The normalized spacial score (nSPS) is 21.2. The van der Waals surface area contributed by atoms with Crippen LogP contribution >= 0.6 is 0 Å². The minimum Gasteiger partial charge on any atom is -0.377 e. The van der Waals surface area contributed by atoms with E-state index in [-0.39, 0.29) is 6.29 Å². The summed E-state index contributed by atoms with van der Waals surface area (Å²) in [5, 5.41) is 0. The minimum absolute atomic E-state index is 0.110. The second-order valence-electron chi connectivity index (χ2n) is 4.20. The van der Waals surface area contributed by atoms with Gasteiger partial charge in [0, 0.05) is 32.9 Å². The highest BCUT2D eigenvalue weighted by Crippen LogP contribution is 2.13. The molecule has 1 unspecified atom stereocenters. The third kappa shape index (κ3) is 5.25. The Kier molecular flexibility index (Phi) is 6.96. The van der Waals surface area contributed by atoms with E-state index in [1.807, 2.05) is 13.8 Å². The highest BCUT2D eigenvalue weighted by atomic mass is 16.7. The van der Waals surface area contributed by atoms with Crippen molar-refractivity contribution < 1.29 is 14.2 Å². The molecule has 1 aliphatic rings. The van der Waals surface area contributed by atoms with Crippen LogP contribution in [0.5, 0.6) is 0 Å². The van der Waals surface area contributed by atoms with Crippen molar-refractivity contribution in [3.8, 4) is 0 Å². The molecule has 4 heteroatoms. The van der Waals surface area contributed by atoms with Crippen LogP contribution in [0.25, 0.3) is 0 Å². The van der Waals surface area contributed by atoms with Gasteiger partial charge in [-0.15, -0.1) is 0 Å². The second-order valence-corrected chi connectivity index (χ2v) is 4.20. The first-order valence-corrected chi connectivity index (χ1v) is 6.29. The third-order valence-corrected chi connectivity index (χ3v) is 2.71. The van der Waals surface area contributed by atoms with Gasteiger partial charge in [0.2, 0.25) is 0 Å². The van der Waals surface area contributed by atoms with Crippen molar-refractivity contribution in [2.24, 2.45) is 0 Å².